The summed E-state index contributed by atoms with van der Waals surface area (Å²) in [4.78, 5) is 34.9. The molecule has 2 N–H and O–H groups in total. The minimum atomic E-state index is -0.537. The zero-order chi connectivity index (χ0) is 25.7. The van der Waals surface area contributed by atoms with Crippen LogP contribution in [0.25, 0.3) is 11.3 Å². The van der Waals surface area contributed by atoms with Crippen molar-refractivity contribution >= 4 is 11.8 Å². The molecule has 2 aliphatic carbocycles. The molecule has 2 aromatic heterocycles. The minimum absolute atomic E-state index is 0.0637. The van der Waals surface area contributed by atoms with Gasteiger partial charge in [-0.05, 0) is 76.9 Å². The third-order valence-corrected chi connectivity index (χ3v) is 9.17. The minimum Gasteiger partial charge on any atom is -0.481 e. The SMILES string of the molecule is COc1cc(-c2cc(C(=O)N3CC[C@@H](C(=O)NC4CC[C@H]5[C@H](CCN5C)C4)CC34CC4)[nH]n2)c(F)cn1. The molecule has 10 heteroatoms. The number of ether oxygens (including phenoxy) is 1. The molecular weight excluding hydrogens is 475 g/mol. The lowest BCUT2D eigenvalue weighted by molar-refractivity contribution is -0.128. The summed E-state index contributed by atoms with van der Waals surface area (Å²) in [5.74, 6) is 0.364. The molecule has 0 aromatic carbocycles. The summed E-state index contributed by atoms with van der Waals surface area (Å²) in [6.45, 7) is 1.69. The average Bonchev–Trinajstić information content (AvgIpc) is 3.32. The Labute approximate surface area is 216 Å². The van der Waals surface area contributed by atoms with E-state index in [0.717, 1.165) is 44.8 Å². The third kappa shape index (κ3) is 4.49. The molecule has 0 bridgehead atoms. The van der Waals surface area contributed by atoms with Crippen LogP contribution in [-0.4, -0.2) is 81.7 Å². The van der Waals surface area contributed by atoms with Gasteiger partial charge in [-0.25, -0.2) is 9.37 Å². The fraction of sp³-hybridized carbons (Fsp3) is 0.630. The Balaban J connectivity index is 1.09. The molecule has 4 atom stereocenters. The van der Waals surface area contributed by atoms with Gasteiger partial charge in [0.2, 0.25) is 11.8 Å². The molecule has 4 fully saturated rings. The number of nitrogens with one attached hydrogen (secondary N) is 2. The fourth-order valence-electron chi connectivity index (χ4n) is 6.92. The number of rotatable bonds is 5. The molecule has 198 valence electrons. The quantitative estimate of drug-likeness (QED) is 0.641. The molecule has 2 saturated carbocycles. The van der Waals surface area contributed by atoms with Gasteiger partial charge in [-0.2, -0.15) is 5.10 Å². The molecule has 37 heavy (non-hydrogen) atoms. The smallest absolute Gasteiger partial charge is 0.272 e. The van der Waals surface area contributed by atoms with E-state index in [2.05, 4.69) is 32.4 Å². The van der Waals surface area contributed by atoms with Crippen LogP contribution in [0.4, 0.5) is 4.39 Å². The highest BCUT2D eigenvalue weighted by Crippen LogP contribution is 2.50. The second kappa shape index (κ2) is 9.38. The molecule has 4 heterocycles. The van der Waals surface area contributed by atoms with Crippen molar-refractivity contribution in [3.05, 3.63) is 29.8 Å². The zero-order valence-electron chi connectivity index (χ0n) is 21.5. The first-order valence-corrected chi connectivity index (χ1v) is 13.4. The van der Waals surface area contributed by atoms with Gasteiger partial charge in [0, 0.05) is 41.7 Å². The van der Waals surface area contributed by atoms with Crippen LogP contribution < -0.4 is 10.1 Å². The number of likely N-dealkylation sites (tertiary alicyclic amines) is 2. The molecule has 2 saturated heterocycles. The number of carbonyl (C=O) groups excluding carboxylic acids is 2. The summed E-state index contributed by atoms with van der Waals surface area (Å²) < 4.78 is 19.4. The van der Waals surface area contributed by atoms with Crippen molar-refractivity contribution in [2.75, 3.05) is 27.2 Å². The van der Waals surface area contributed by atoms with E-state index in [1.165, 1.54) is 19.6 Å². The number of amides is 2. The number of aromatic amines is 1. The van der Waals surface area contributed by atoms with E-state index < -0.39 is 5.82 Å². The summed E-state index contributed by atoms with van der Waals surface area (Å²) in [7, 11) is 3.67. The number of pyridine rings is 1. The topological polar surface area (TPSA) is 103 Å². The molecule has 1 unspecified atom stereocenters. The molecule has 9 nitrogen and oxygen atoms in total. The van der Waals surface area contributed by atoms with Gasteiger partial charge in [0.25, 0.3) is 5.91 Å². The number of methoxy groups -OCH3 is 1. The van der Waals surface area contributed by atoms with Crippen molar-refractivity contribution in [3.8, 4) is 17.1 Å². The lowest BCUT2D eigenvalue weighted by Crippen LogP contribution is -2.52. The highest BCUT2D eigenvalue weighted by atomic mass is 19.1. The first kappa shape index (κ1) is 24.3. The highest BCUT2D eigenvalue weighted by molar-refractivity contribution is 5.94. The summed E-state index contributed by atoms with van der Waals surface area (Å²) in [5, 5.41) is 10.3. The normalized spacial score (nSPS) is 28.7. The Kier molecular flexibility index (Phi) is 6.17. The van der Waals surface area contributed by atoms with Crippen molar-refractivity contribution in [2.24, 2.45) is 11.8 Å². The van der Waals surface area contributed by atoms with Crippen molar-refractivity contribution in [3.63, 3.8) is 0 Å². The number of carbonyl (C=O) groups is 2. The Bertz CT molecular complexity index is 1200. The maximum atomic E-state index is 14.4. The number of fused-ring (bicyclic) bond motifs is 1. The van der Waals surface area contributed by atoms with E-state index >= 15 is 0 Å². The summed E-state index contributed by atoms with van der Waals surface area (Å²) in [6.07, 6.45) is 8.75. The van der Waals surface area contributed by atoms with Crippen molar-refractivity contribution in [1.29, 1.82) is 0 Å². The summed E-state index contributed by atoms with van der Waals surface area (Å²) in [5.41, 5.74) is 0.595. The number of hydrogen-bond acceptors (Lipinski definition) is 6. The van der Waals surface area contributed by atoms with Crippen molar-refractivity contribution in [2.45, 2.75) is 69.0 Å². The van der Waals surface area contributed by atoms with Crippen LogP contribution >= 0.6 is 0 Å². The number of halogens is 1. The van der Waals surface area contributed by atoms with E-state index in [1.807, 2.05) is 4.90 Å². The molecule has 6 rings (SSSR count). The Hall–Kier alpha value is -3.01. The van der Waals surface area contributed by atoms with Gasteiger partial charge in [0.05, 0.1) is 19.0 Å². The first-order chi connectivity index (χ1) is 17.9. The maximum Gasteiger partial charge on any atom is 0.272 e. The van der Waals surface area contributed by atoms with Gasteiger partial charge in [0.1, 0.15) is 5.69 Å². The van der Waals surface area contributed by atoms with Crippen molar-refractivity contribution < 1.29 is 18.7 Å². The molecule has 0 radical (unpaired) electrons. The first-order valence-electron chi connectivity index (χ1n) is 13.4. The van der Waals surface area contributed by atoms with Gasteiger partial charge in [-0.15, -0.1) is 0 Å². The average molecular weight is 511 g/mol. The Morgan fingerprint density at radius 1 is 1.19 bits per heavy atom. The largest absolute Gasteiger partial charge is 0.481 e. The van der Waals surface area contributed by atoms with Crippen molar-refractivity contribution in [1.82, 2.24) is 30.3 Å². The second-order valence-corrected chi connectivity index (χ2v) is 11.4. The van der Waals surface area contributed by atoms with Crippen LogP contribution in [0.5, 0.6) is 5.88 Å². The fourth-order valence-corrected chi connectivity index (χ4v) is 6.92. The van der Waals surface area contributed by atoms with E-state index in [4.69, 9.17) is 4.74 Å². The van der Waals surface area contributed by atoms with Crippen LogP contribution in [0.15, 0.2) is 18.3 Å². The predicted octanol–water partition coefficient (Wildman–Crippen LogP) is 2.99. The molecule has 2 aromatic rings. The molecule has 4 aliphatic rings. The van der Waals surface area contributed by atoms with Gasteiger partial charge in [-0.1, -0.05) is 0 Å². The monoisotopic (exact) mass is 510 g/mol. The molecular formula is C27H35FN6O3. The summed E-state index contributed by atoms with van der Waals surface area (Å²) >= 11 is 0. The molecule has 2 amide bonds. The number of nitrogens with zero attached hydrogens (tertiary/aromatic N) is 4. The van der Waals surface area contributed by atoms with E-state index in [0.29, 0.717) is 42.7 Å². The van der Waals surface area contributed by atoms with Crippen LogP contribution in [0.3, 0.4) is 0 Å². The van der Waals surface area contributed by atoms with Crippen LogP contribution in [0, 0.1) is 17.7 Å². The van der Waals surface area contributed by atoms with Gasteiger partial charge >= 0.3 is 0 Å². The van der Waals surface area contributed by atoms with E-state index in [-0.39, 0.29) is 40.8 Å². The molecule has 2 aliphatic heterocycles. The highest BCUT2D eigenvalue weighted by Gasteiger charge is 2.55. The maximum absolute atomic E-state index is 14.4. The number of aromatic nitrogens is 3. The van der Waals surface area contributed by atoms with E-state index in [9.17, 15) is 14.0 Å². The summed E-state index contributed by atoms with van der Waals surface area (Å²) in [6, 6.07) is 3.98. The number of piperidine rings is 1. The standard InChI is InChI=1S/C27H35FN6O3/c1-33-9-5-16-11-18(3-4-23(16)33)30-25(35)17-6-10-34(27(14-17)7-8-27)26(36)22-13-21(31-32-22)19-12-24(37-2)29-15-20(19)28/h12-13,15-18,23H,3-11,14H2,1-2H3,(H,30,35)(H,31,32)/t16-,17-,18?,23+/m1/s1. The second-order valence-electron chi connectivity index (χ2n) is 11.4. The lowest BCUT2D eigenvalue weighted by Gasteiger charge is -2.40. The molecule has 1 spiro atoms. The van der Waals surface area contributed by atoms with Gasteiger partial charge in [-0.3, -0.25) is 14.7 Å². The van der Waals surface area contributed by atoms with Crippen LogP contribution in [0.1, 0.15) is 61.9 Å². The Morgan fingerprint density at radius 2 is 2.03 bits per heavy atom. The van der Waals surface area contributed by atoms with Crippen LogP contribution in [0.2, 0.25) is 0 Å². The van der Waals surface area contributed by atoms with Crippen LogP contribution in [-0.2, 0) is 4.79 Å². The number of H-pyrrole nitrogens is 1. The van der Waals surface area contributed by atoms with Gasteiger partial charge in [0.15, 0.2) is 5.82 Å². The zero-order valence-corrected chi connectivity index (χ0v) is 21.5. The third-order valence-electron chi connectivity index (χ3n) is 9.17. The predicted molar refractivity (Wildman–Crippen MR) is 134 cm³/mol. The lowest BCUT2D eigenvalue weighted by atomic mass is 9.81. The Morgan fingerprint density at radius 3 is 2.81 bits per heavy atom. The van der Waals surface area contributed by atoms with Gasteiger partial charge < -0.3 is 19.9 Å². The number of hydrogen-bond donors (Lipinski definition) is 2. The van der Waals surface area contributed by atoms with E-state index in [1.54, 1.807) is 6.07 Å².